The van der Waals surface area contributed by atoms with Crippen LogP contribution in [0.5, 0.6) is 11.5 Å². The Morgan fingerprint density at radius 1 is 1.15 bits per heavy atom. The number of halogens is 1. The Hall–Kier alpha value is -2.82. The summed E-state index contributed by atoms with van der Waals surface area (Å²) >= 11 is 4.80. The average Bonchev–Trinajstić information content (AvgIpc) is 3.11. The van der Waals surface area contributed by atoms with Gasteiger partial charge in [-0.25, -0.2) is 9.79 Å². The van der Waals surface area contributed by atoms with E-state index in [-0.39, 0.29) is 12.5 Å². The van der Waals surface area contributed by atoms with Crippen molar-refractivity contribution in [2.75, 3.05) is 41.1 Å². The van der Waals surface area contributed by atoms with E-state index in [1.165, 1.54) is 26.0 Å². The Kier molecular flexibility index (Phi) is 8.93. The fourth-order valence-electron chi connectivity index (χ4n) is 2.85. The molecule has 0 bridgehead atoms. The Balaban J connectivity index is 1.92. The van der Waals surface area contributed by atoms with Gasteiger partial charge in [-0.05, 0) is 47.7 Å². The van der Waals surface area contributed by atoms with Gasteiger partial charge in [-0.15, -0.1) is 0 Å². The molecule has 0 atom stereocenters. The highest BCUT2D eigenvalue weighted by Crippen LogP contribution is 2.38. The van der Waals surface area contributed by atoms with Crippen molar-refractivity contribution in [3.8, 4) is 11.5 Å². The number of benzene rings is 2. The highest BCUT2D eigenvalue weighted by atomic mass is 79.9. The van der Waals surface area contributed by atoms with E-state index in [4.69, 9.17) is 14.2 Å². The summed E-state index contributed by atoms with van der Waals surface area (Å²) in [6, 6.07) is 12.9. The van der Waals surface area contributed by atoms with E-state index in [0.29, 0.717) is 44.8 Å². The van der Waals surface area contributed by atoms with Crippen molar-refractivity contribution < 1.29 is 28.5 Å². The molecule has 1 saturated heterocycles. The molecule has 0 aliphatic carbocycles. The standard InChI is InChI=1S/C23H23BrN2O6S/c1-29-10-9-26-22(28)20(33-23(26)25-16-7-5-4-6-8-16)12-15-11-18(30-2)19(13-17(15)24)32-14-21(27)31-3/h4-8,11-13H,9-10,14H2,1-3H3. The summed E-state index contributed by atoms with van der Waals surface area (Å²) in [5.41, 5.74) is 1.46. The second-order valence-electron chi connectivity index (χ2n) is 6.68. The molecule has 1 aliphatic rings. The second kappa shape index (κ2) is 11.9. The predicted molar refractivity (Wildman–Crippen MR) is 131 cm³/mol. The number of thioether (sulfide) groups is 1. The van der Waals surface area contributed by atoms with Crippen LogP contribution in [-0.4, -0.2) is 63.0 Å². The quantitative estimate of drug-likeness (QED) is 0.350. The summed E-state index contributed by atoms with van der Waals surface area (Å²) in [7, 11) is 4.37. The number of carbonyl (C=O) groups is 2. The molecule has 1 aliphatic heterocycles. The van der Waals surface area contributed by atoms with E-state index < -0.39 is 5.97 Å². The lowest BCUT2D eigenvalue weighted by atomic mass is 10.2. The monoisotopic (exact) mass is 534 g/mol. The highest BCUT2D eigenvalue weighted by Gasteiger charge is 2.33. The van der Waals surface area contributed by atoms with Crippen LogP contribution in [0.4, 0.5) is 5.69 Å². The van der Waals surface area contributed by atoms with Gasteiger partial charge in [0.15, 0.2) is 23.3 Å². The van der Waals surface area contributed by atoms with Crippen LogP contribution in [0.2, 0.25) is 0 Å². The van der Waals surface area contributed by atoms with Gasteiger partial charge >= 0.3 is 5.97 Å². The summed E-state index contributed by atoms with van der Waals surface area (Å²) in [6.07, 6.45) is 1.76. The predicted octanol–water partition coefficient (Wildman–Crippen LogP) is 4.26. The SMILES string of the molecule is COCCN1C(=O)C(=Cc2cc(OC)c(OCC(=O)OC)cc2Br)SC1=Nc1ccccc1. The number of methoxy groups -OCH3 is 3. The van der Waals surface area contributed by atoms with Gasteiger partial charge in [-0.1, -0.05) is 34.1 Å². The molecule has 0 spiro atoms. The zero-order valence-electron chi connectivity index (χ0n) is 18.4. The number of carbonyl (C=O) groups excluding carboxylic acids is 2. The third-order valence-corrected chi connectivity index (χ3v) is 6.22. The first-order valence-electron chi connectivity index (χ1n) is 9.88. The van der Waals surface area contributed by atoms with E-state index in [9.17, 15) is 9.59 Å². The fraction of sp³-hybridized carbons (Fsp3) is 0.261. The molecule has 0 aromatic heterocycles. The molecule has 8 nitrogen and oxygen atoms in total. The minimum atomic E-state index is -0.506. The minimum Gasteiger partial charge on any atom is -0.493 e. The van der Waals surface area contributed by atoms with Crippen molar-refractivity contribution >= 4 is 56.5 Å². The molecule has 0 unspecified atom stereocenters. The lowest BCUT2D eigenvalue weighted by molar-refractivity contribution is -0.142. The van der Waals surface area contributed by atoms with Crippen molar-refractivity contribution in [1.29, 1.82) is 0 Å². The van der Waals surface area contributed by atoms with Crippen LogP contribution < -0.4 is 9.47 Å². The first-order chi connectivity index (χ1) is 16.0. The van der Waals surface area contributed by atoms with Gasteiger partial charge < -0.3 is 18.9 Å². The molecule has 0 N–H and O–H groups in total. The number of amidine groups is 1. The van der Waals surface area contributed by atoms with Crippen molar-refractivity contribution in [3.05, 3.63) is 57.4 Å². The van der Waals surface area contributed by atoms with Gasteiger partial charge in [0.05, 0.1) is 38.0 Å². The van der Waals surface area contributed by atoms with Crippen LogP contribution in [0.3, 0.4) is 0 Å². The number of para-hydroxylation sites is 1. The third-order valence-electron chi connectivity index (χ3n) is 4.53. The van der Waals surface area contributed by atoms with E-state index in [1.807, 2.05) is 30.3 Å². The Morgan fingerprint density at radius 3 is 2.58 bits per heavy atom. The maximum absolute atomic E-state index is 13.1. The average molecular weight is 535 g/mol. The molecule has 0 saturated carbocycles. The zero-order chi connectivity index (χ0) is 23.8. The highest BCUT2D eigenvalue weighted by molar-refractivity contribution is 9.10. The lowest BCUT2D eigenvalue weighted by Crippen LogP contribution is -2.32. The number of hydrogen-bond acceptors (Lipinski definition) is 8. The smallest absolute Gasteiger partial charge is 0.343 e. The van der Waals surface area contributed by atoms with Crippen molar-refractivity contribution in [3.63, 3.8) is 0 Å². The maximum atomic E-state index is 13.1. The Bertz CT molecular complexity index is 1070. The first kappa shape index (κ1) is 24.8. The number of ether oxygens (including phenoxy) is 4. The van der Waals surface area contributed by atoms with E-state index in [2.05, 4.69) is 25.7 Å². The lowest BCUT2D eigenvalue weighted by Gasteiger charge is -2.14. The molecule has 2 aromatic rings. The summed E-state index contributed by atoms with van der Waals surface area (Å²) < 4.78 is 21.3. The molecule has 10 heteroatoms. The second-order valence-corrected chi connectivity index (χ2v) is 8.54. The summed E-state index contributed by atoms with van der Waals surface area (Å²) in [4.78, 5) is 31.3. The number of esters is 1. The fourth-order valence-corrected chi connectivity index (χ4v) is 4.31. The topological polar surface area (TPSA) is 86.7 Å². The largest absolute Gasteiger partial charge is 0.493 e. The van der Waals surface area contributed by atoms with Gasteiger partial charge in [0.1, 0.15) is 0 Å². The van der Waals surface area contributed by atoms with Gasteiger partial charge in [0.25, 0.3) is 5.91 Å². The van der Waals surface area contributed by atoms with Gasteiger partial charge in [-0.2, -0.15) is 0 Å². The third kappa shape index (κ3) is 6.37. The van der Waals surface area contributed by atoms with Gasteiger partial charge in [-0.3, -0.25) is 9.69 Å². The van der Waals surface area contributed by atoms with Crippen LogP contribution in [0.1, 0.15) is 5.56 Å². The Labute approximate surface area is 204 Å². The number of amides is 1. The van der Waals surface area contributed by atoms with Crippen LogP contribution in [-0.2, 0) is 19.1 Å². The normalized spacial score (nSPS) is 15.9. The number of aliphatic imine (C=N–C) groups is 1. The molecular weight excluding hydrogens is 512 g/mol. The summed E-state index contributed by atoms with van der Waals surface area (Å²) in [6.45, 7) is 0.523. The molecular formula is C23H23BrN2O6S. The van der Waals surface area contributed by atoms with Crippen LogP contribution in [0.15, 0.2) is 56.8 Å². The van der Waals surface area contributed by atoms with E-state index >= 15 is 0 Å². The summed E-state index contributed by atoms with van der Waals surface area (Å²) in [5.74, 6) is 0.117. The van der Waals surface area contributed by atoms with Crippen LogP contribution >= 0.6 is 27.7 Å². The minimum absolute atomic E-state index is 0.163. The van der Waals surface area contributed by atoms with Crippen molar-refractivity contribution in [2.45, 2.75) is 0 Å². The Morgan fingerprint density at radius 2 is 1.91 bits per heavy atom. The molecule has 33 heavy (non-hydrogen) atoms. The van der Waals surface area contributed by atoms with Crippen molar-refractivity contribution in [2.24, 2.45) is 4.99 Å². The van der Waals surface area contributed by atoms with Gasteiger partial charge in [0, 0.05) is 11.6 Å². The molecule has 174 valence electrons. The molecule has 1 fully saturated rings. The zero-order valence-corrected chi connectivity index (χ0v) is 20.8. The number of nitrogens with zero attached hydrogens (tertiary/aromatic N) is 2. The van der Waals surface area contributed by atoms with E-state index in [0.717, 1.165) is 5.69 Å². The molecule has 2 aromatic carbocycles. The summed E-state index contributed by atoms with van der Waals surface area (Å²) in [5, 5.41) is 0.579. The van der Waals surface area contributed by atoms with Crippen LogP contribution in [0, 0.1) is 0 Å². The molecule has 3 rings (SSSR count). The molecule has 1 heterocycles. The number of hydrogen-bond donors (Lipinski definition) is 0. The number of rotatable bonds is 9. The molecule has 0 radical (unpaired) electrons. The first-order valence-corrected chi connectivity index (χ1v) is 11.5. The van der Waals surface area contributed by atoms with Crippen LogP contribution in [0.25, 0.3) is 6.08 Å². The van der Waals surface area contributed by atoms with Crippen molar-refractivity contribution in [1.82, 2.24) is 4.90 Å². The van der Waals surface area contributed by atoms with E-state index in [1.54, 1.807) is 30.2 Å². The molecule has 1 amide bonds. The maximum Gasteiger partial charge on any atom is 0.343 e. The van der Waals surface area contributed by atoms with Gasteiger partial charge in [0.2, 0.25) is 0 Å².